The van der Waals surface area contributed by atoms with Crippen LogP contribution in [0.2, 0.25) is 0 Å². The van der Waals surface area contributed by atoms with Crippen LogP contribution in [0.3, 0.4) is 0 Å². The minimum Gasteiger partial charge on any atom is -0.383 e. The lowest BCUT2D eigenvalue weighted by Crippen LogP contribution is -2.17. The molecule has 92 valence electrons. The van der Waals surface area contributed by atoms with Crippen LogP contribution in [0.1, 0.15) is 19.9 Å². The van der Waals surface area contributed by atoms with Gasteiger partial charge in [0.1, 0.15) is 0 Å². The molecule has 0 spiro atoms. The van der Waals surface area contributed by atoms with Crippen LogP contribution in [0.5, 0.6) is 0 Å². The third kappa shape index (κ3) is 3.83. The van der Waals surface area contributed by atoms with Crippen molar-refractivity contribution < 1.29 is 9.47 Å². The van der Waals surface area contributed by atoms with Crippen molar-refractivity contribution in [2.45, 2.75) is 19.9 Å². The van der Waals surface area contributed by atoms with Gasteiger partial charge in [0.05, 0.1) is 19.3 Å². The fourth-order valence-corrected chi connectivity index (χ4v) is 1.44. The maximum Gasteiger partial charge on any atom is 0.203 e. The van der Waals surface area contributed by atoms with Gasteiger partial charge in [0, 0.05) is 32.7 Å². The van der Waals surface area contributed by atoms with E-state index in [4.69, 9.17) is 9.47 Å². The quantitative estimate of drug-likeness (QED) is 0.684. The van der Waals surface area contributed by atoms with E-state index in [0.717, 1.165) is 19.1 Å². The minimum absolute atomic E-state index is 0.285. The molecule has 0 aliphatic carbocycles. The molecule has 1 heterocycles. The van der Waals surface area contributed by atoms with E-state index in [1.807, 2.05) is 13.1 Å². The molecule has 1 aromatic rings. The Labute approximate surface area is 96.8 Å². The fourth-order valence-electron chi connectivity index (χ4n) is 1.44. The Balaban J connectivity index is 2.48. The van der Waals surface area contributed by atoms with Crippen molar-refractivity contribution in [3.05, 3.63) is 12.4 Å². The topological polar surface area (TPSA) is 48.3 Å². The van der Waals surface area contributed by atoms with Crippen LogP contribution in [0.15, 0.2) is 12.4 Å². The standard InChI is InChI=1S/C11H21N3O2/c1-4-16-9-10(2)14-7-5-12-11(14)13-6-8-15-3/h5,7,10H,4,6,8-9H2,1-3H3,(H,12,13). The van der Waals surface area contributed by atoms with E-state index < -0.39 is 0 Å². The molecule has 0 aliphatic heterocycles. The van der Waals surface area contributed by atoms with Gasteiger partial charge >= 0.3 is 0 Å². The van der Waals surface area contributed by atoms with Crippen molar-refractivity contribution in [3.63, 3.8) is 0 Å². The molecule has 1 unspecified atom stereocenters. The highest BCUT2D eigenvalue weighted by Crippen LogP contribution is 2.13. The van der Waals surface area contributed by atoms with Gasteiger partial charge in [0.15, 0.2) is 0 Å². The highest BCUT2D eigenvalue weighted by Gasteiger charge is 2.09. The number of hydrogen-bond donors (Lipinski definition) is 1. The van der Waals surface area contributed by atoms with Gasteiger partial charge in [0.2, 0.25) is 5.95 Å². The van der Waals surface area contributed by atoms with Crippen LogP contribution < -0.4 is 5.32 Å². The highest BCUT2D eigenvalue weighted by molar-refractivity contribution is 5.26. The van der Waals surface area contributed by atoms with E-state index in [1.54, 1.807) is 13.3 Å². The number of anilines is 1. The van der Waals surface area contributed by atoms with E-state index in [2.05, 4.69) is 21.8 Å². The molecule has 0 aliphatic rings. The van der Waals surface area contributed by atoms with Gasteiger partial charge in [-0.05, 0) is 13.8 Å². The zero-order chi connectivity index (χ0) is 11.8. The second kappa shape index (κ2) is 7.24. The van der Waals surface area contributed by atoms with E-state index in [9.17, 15) is 0 Å². The number of rotatable bonds is 8. The van der Waals surface area contributed by atoms with Crippen LogP contribution in [0.4, 0.5) is 5.95 Å². The third-order valence-corrected chi connectivity index (χ3v) is 2.30. The average molecular weight is 227 g/mol. The number of ether oxygens (including phenoxy) is 2. The van der Waals surface area contributed by atoms with Crippen molar-refractivity contribution in [2.24, 2.45) is 0 Å². The predicted octanol–water partition coefficient (Wildman–Crippen LogP) is 1.54. The first-order valence-corrected chi connectivity index (χ1v) is 5.63. The second-order valence-electron chi connectivity index (χ2n) is 3.59. The van der Waals surface area contributed by atoms with Gasteiger partial charge in [0.25, 0.3) is 0 Å². The number of nitrogens with zero attached hydrogens (tertiary/aromatic N) is 2. The summed E-state index contributed by atoms with van der Waals surface area (Å²) in [5.74, 6) is 0.865. The van der Waals surface area contributed by atoms with E-state index in [-0.39, 0.29) is 6.04 Å². The molecule has 1 aromatic heterocycles. The number of imidazole rings is 1. The summed E-state index contributed by atoms with van der Waals surface area (Å²) in [6.07, 6.45) is 3.75. The second-order valence-corrected chi connectivity index (χ2v) is 3.59. The van der Waals surface area contributed by atoms with Crippen LogP contribution in [-0.4, -0.2) is 43.0 Å². The molecular formula is C11H21N3O2. The van der Waals surface area contributed by atoms with Crippen LogP contribution >= 0.6 is 0 Å². The molecule has 1 atom stereocenters. The molecule has 5 heteroatoms. The molecule has 0 radical (unpaired) electrons. The fraction of sp³-hybridized carbons (Fsp3) is 0.727. The number of nitrogens with one attached hydrogen (secondary N) is 1. The smallest absolute Gasteiger partial charge is 0.203 e. The normalized spacial score (nSPS) is 12.7. The highest BCUT2D eigenvalue weighted by atomic mass is 16.5. The summed E-state index contributed by atoms with van der Waals surface area (Å²) in [5, 5.41) is 3.22. The molecule has 0 fully saturated rings. The molecular weight excluding hydrogens is 206 g/mol. The summed E-state index contributed by atoms with van der Waals surface area (Å²) < 4.78 is 12.5. The van der Waals surface area contributed by atoms with Gasteiger partial charge in [-0.1, -0.05) is 0 Å². The Morgan fingerprint density at radius 3 is 3.06 bits per heavy atom. The summed E-state index contributed by atoms with van der Waals surface area (Å²) in [6.45, 7) is 6.98. The number of methoxy groups -OCH3 is 1. The van der Waals surface area contributed by atoms with E-state index in [0.29, 0.717) is 13.2 Å². The maximum absolute atomic E-state index is 5.40. The zero-order valence-electron chi connectivity index (χ0n) is 10.3. The summed E-state index contributed by atoms with van der Waals surface area (Å²) in [4.78, 5) is 4.26. The summed E-state index contributed by atoms with van der Waals surface area (Å²) in [7, 11) is 1.69. The van der Waals surface area contributed by atoms with Crippen molar-refractivity contribution in [3.8, 4) is 0 Å². The Morgan fingerprint density at radius 2 is 2.38 bits per heavy atom. The first-order chi connectivity index (χ1) is 7.79. The minimum atomic E-state index is 0.285. The predicted molar refractivity (Wildman–Crippen MR) is 63.8 cm³/mol. The van der Waals surface area contributed by atoms with Gasteiger partial charge in [-0.25, -0.2) is 4.98 Å². The Hall–Kier alpha value is -1.07. The molecule has 5 nitrogen and oxygen atoms in total. The lowest BCUT2D eigenvalue weighted by atomic mass is 10.3. The Morgan fingerprint density at radius 1 is 1.56 bits per heavy atom. The van der Waals surface area contributed by atoms with Crippen LogP contribution in [0.25, 0.3) is 0 Å². The van der Waals surface area contributed by atoms with E-state index in [1.165, 1.54) is 0 Å². The summed E-state index contributed by atoms with van der Waals surface area (Å²) in [5.41, 5.74) is 0. The Kier molecular flexibility index (Phi) is 5.88. The lowest BCUT2D eigenvalue weighted by molar-refractivity contribution is 0.119. The molecule has 0 amide bonds. The Bertz CT molecular complexity index is 289. The SMILES string of the molecule is CCOCC(C)n1ccnc1NCCOC. The van der Waals surface area contributed by atoms with Gasteiger partial charge in [-0.2, -0.15) is 0 Å². The first kappa shape index (κ1) is 13.0. The van der Waals surface area contributed by atoms with Crippen molar-refractivity contribution in [2.75, 3.05) is 38.8 Å². The largest absolute Gasteiger partial charge is 0.383 e. The summed E-state index contributed by atoms with van der Waals surface area (Å²) in [6, 6.07) is 0.285. The van der Waals surface area contributed by atoms with Crippen molar-refractivity contribution >= 4 is 5.95 Å². The summed E-state index contributed by atoms with van der Waals surface area (Å²) >= 11 is 0. The van der Waals surface area contributed by atoms with Crippen molar-refractivity contribution in [1.82, 2.24) is 9.55 Å². The molecule has 1 rings (SSSR count). The van der Waals surface area contributed by atoms with Crippen molar-refractivity contribution in [1.29, 1.82) is 0 Å². The van der Waals surface area contributed by atoms with Crippen LogP contribution in [-0.2, 0) is 9.47 Å². The molecule has 0 aromatic carbocycles. The number of aromatic nitrogens is 2. The maximum atomic E-state index is 5.40. The first-order valence-electron chi connectivity index (χ1n) is 5.63. The van der Waals surface area contributed by atoms with Gasteiger partial charge < -0.3 is 19.4 Å². The van der Waals surface area contributed by atoms with E-state index >= 15 is 0 Å². The molecule has 0 saturated heterocycles. The molecule has 0 bridgehead atoms. The average Bonchev–Trinajstić information content (AvgIpc) is 2.74. The third-order valence-electron chi connectivity index (χ3n) is 2.30. The molecule has 0 saturated carbocycles. The lowest BCUT2D eigenvalue weighted by Gasteiger charge is -2.16. The van der Waals surface area contributed by atoms with Crippen LogP contribution in [0, 0.1) is 0 Å². The molecule has 16 heavy (non-hydrogen) atoms. The van der Waals surface area contributed by atoms with Gasteiger partial charge in [-0.3, -0.25) is 0 Å². The zero-order valence-corrected chi connectivity index (χ0v) is 10.3. The monoisotopic (exact) mass is 227 g/mol. The molecule has 1 N–H and O–H groups in total. The van der Waals surface area contributed by atoms with Gasteiger partial charge in [-0.15, -0.1) is 0 Å². The number of hydrogen-bond acceptors (Lipinski definition) is 4.